The van der Waals surface area contributed by atoms with Gasteiger partial charge in [0.15, 0.2) is 0 Å². The zero-order chi connectivity index (χ0) is 12.8. The average Bonchev–Trinajstić information content (AvgIpc) is 2.29. The molecule has 0 aliphatic heterocycles. The molecule has 1 heterocycles. The van der Waals surface area contributed by atoms with Crippen LogP contribution in [0.1, 0.15) is 12.7 Å². The second-order valence-corrected chi connectivity index (χ2v) is 4.39. The summed E-state index contributed by atoms with van der Waals surface area (Å²) in [4.78, 5) is 26.9. The molecular weight excluding hydrogens is 335 g/mol. The van der Waals surface area contributed by atoms with Crippen LogP contribution in [-0.2, 0) is 16.1 Å². The topological polar surface area (TPSA) is 61.2 Å². The van der Waals surface area contributed by atoms with Gasteiger partial charge in [-0.1, -0.05) is 6.08 Å². The quantitative estimate of drug-likeness (QED) is 0.467. The summed E-state index contributed by atoms with van der Waals surface area (Å²) in [6.45, 7) is 4.14. The van der Waals surface area contributed by atoms with E-state index < -0.39 is 5.97 Å². The number of aryl methyl sites for hydroxylation is 1. The molecule has 6 heteroatoms. The molecule has 0 saturated heterocycles. The van der Waals surface area contributed by atoms with Crippen LogP contribution in [0.2, 0.25) is 0 Å². The number of hydrogen-bond acceptors (Lipinski definition) is 4. The number of ether oxygens (including phenoxy) is 1. The maximum Gasteiger partial charge on any atom is 0.330 e. The monoisotopic (exact) mass is 348 g/mol. The van der Waals surface area contributed by atoms with Crippen LogP contribution in [0.25, 0.3) is 0 Å². The van der Waals surface area contributed by atoms with Crippen molar-refractivity contribution in [2.45, 2.75) is 20.4 Å². The van der Waals surface area contributed by atoms with Crippen molar-refractivity contribution in [3.63, 3.8) is 0 Å². The summed E-state index contributed by atoms with van der Waals surface area (Å²) in [5, 5.41) is 0. The van der Waals surface area contributed by atoms with Crippen molar-refractivity contribution in [2.24, 2.45) is 0 Å². The van der Waals surface area contributed by atoms with E-state index in [0.717, 1.165) is 0 Å². The zero-order valence-corrected chi connectivity index (χ0v) is 11.8. The number of rotatable bonds is 4. The Balaban J connectivity index is 2.80. The van der Waals surface area contributed by atoms with Crippen LogP contribution in [0.5, 0.6) is 0 Å². The highest BCUT2D eigenvalue weighted by Crippen LogP contribution is 1.97. The predicted molar refractivity (Wildman–Crippen MR) is 71.7 cm³/mol. The lowest BCUT2D eigenvalue weighted by Gasteiger charge is -2.05. The van der Waals surface area contributed by atoms with Crippen molar-refractivity contribution in [1.29, 1.82) is 0 Å². The fourth-order valence-electron chi connectivity index (χ4n) is 1.21. The Bertz CT molecular complexity index is 494. The smallest absolute Gasteiger partial charge is 0.330 e. The minimum Gasteiger partial charge on any atom is -0.463 e. The first kappa shape index (κ1) is 13.9. The van der Waals surface area contributed by atoms with Crippen molar-refractivity contribution in [1.82, 2.24) is 9.55 Å². The standard InChI is InChI=1S/C11H13IN2O3/c1-3-17-10(15)5-4-6-14-8(2)13-7-9(12)11(14)16/h4-5,7H,3,6H2,1-2H3/b5-4+. The van der Waals surface area contributed by atoms with Gasteiger partial charge in [0.05, 0.1) is 10.2 Å². The highest BCUT2D eigenvalue weighted by atomic mass is 127. The van der Waals surface area contributed by atoms with E-state index in [2.05, 4.69) is 4.98 Å². The molecule has 0 N–H and O–H groups in total. The van der Waals surface area contributed by atoms with Crippen LogP contribution >= 0.6 is 22.6 Å². The van der Waals surface area contributed by atoms with E-state index in [1.165, 1.54) is 16.8 Å². The average molecular weight is 348 g/mol. The maximum atomic E-state index is 11.8. The van der Waals surface area contributed by atoms with Gasteiger partial charge >= 0.3 is 5.97 Å². The Morgan fingerprint density at radius 2 is 2.35 bits per heavy atom. The molecule has 1 rings (SSSR count). The molecule has 0 radical (unpaired) electrons. The van der Waals surface area contributed by atoms with Crippen LogP contribution < -0.4 is 5.56 Å². The van der Waals surface area contributed by atoms with Gasteiger partial charge in [0.25, 0.3) is 5.56 Å². The fraction of sp³-hybridized carbons (Fsp3) is 0.364. The summed E-state index contributed by atoms with van der Waals surface area (Å²) in [6, 6.07) is 0. The molecule has 0 spiro atoms. The lowest BCUT2D eigenvalue weighted by atomic mass is 10.4. The number of carbonyl (C=O) groups excluding carboxylic acids is 1. The van der Waals surface area contributed by atoms with E-state index in [-0.39, 0.29) is 5.56 Å². The highest BCUT2D eigenvalue weighted by Gasteiger charge is 2.03. The van der Waals surface area contributed by atoms with Crippen molar-refractivity contribution in [2.75, 3.05) is 6.61 Å². The minimum absolute atomic E-state index is 0.105. The number of carbonyl (C=O) groups is 1. The first-order valence-electron chi connectivity index (χ1n) is 5.11. The van der Waals surface area contributed by atoms with Crippen molar-refractivity contribution >= 4 is 28.6 Å². The Labute approximate surface area is 113 Å². The van der Waals surface area contributed by atoms with E-state index in [1.54, 1.807) is 19.9 Å². The molecule has 17 heavy (non-hydrogen) atoms. The number of esters is 1. The van der Waals surface area contributed by atoms with E-state index in [9.17, 15) is 9.59 Å². The fourth-order valence-corrected chi connectivity index (χ4v) is 1.64. The molecular formula is C11H13IN2O3. The molecule has 0 amide bonds. The van der Waals surface area contributed by atoms with Gasteiger partial charge in [-0.15, -0.1) is 0 Å². The van der Waals surface area contributed by atoms with Crippen molar-refractivity contribution in [3.8, 4) is 0 Å². The van der Waals surface area contributed by atoms with Gasteiger partial charge in [-0.2, -0.15) is 0 Å². The van der Waals surface area contributed by atoms with Crippen LogP contribution in [0.4, 0.5) is 0 Å². The summed E-state index contributed by atoms with van der Waals surface area (Å²) in [5.74, 6) is 0.209. The maximum absolute atomic E-state index is 11.8. The molecule has 0 aliphatic carbocycles. The van der Waals surface area contributed by atoms with Gasteiger partial charge < -0.3 is 4.74 Å². The molecule has 0 saturated carbocycles. The van der Waals surface area contributed by atoms with Crippen molar-refractivity contribution < 1.29 is 9.53 Å². The second-order valence-electron chi connectivity index (χ2n) is 3.22. The van der Waals surface area contributed by atoms with Gasteiger partial charge in [-0.05, 0) is 36.4 Å². The van der Waals surface area contributed by atoms with Crippen molar-refractivity contribution in [3.05, 3.63) is 38.1 Å². The molecule has 0 aromatic carbocycles. The number of hydrogen-bond donors (Lipinski definition) is 0. The van der Waals surface area contributed by atoms with Gasteiger partial charge in [0.2, 0.25) is 0 Å². The van der Waals surface area contributed by atoms with E-state index >= 15 is 0 Å². The molecule has 1 aromatic heterocycles. The predicted octanol–water partition coefficient (Wildman–Crippen LogP) is 1.28. The molecule has 0 aliphatic rings. The van der Waals surface area contributed by atoms with Gasteiger partial charge in [-0.25, -0.2) is 9.78 Å². The Morgan fingerprint density at radius 1 is 1.65 bits per heavy atom. The summed E-state index contributed by atoms with van der Waals surface area (Å²) in [7, 11) is 0. The second kappa shape index (κ2) is 6.53. The van der Waals surface area contributed by atoms with Gasteiger partial charge in [0, 0.05) is 18.8 Å². The Hall–Kier alpha value is -1.18. The summed E-state index contributed by atoms with van der Waals surface area (Å²) >= 11 is 1.93. The summed E-state index contributed by atoms with van der Waals surface area (Å²) < 4.78 is 6.78. The molecule has 0 fully saturated rings. The van der Waals surface area contributed by atoms with Crippen LogP contribution in [0.3, 0.4) is 0 Å². The summed E-state index contributed by atoms with van der Waals surface area (Å²) in [6.07, 6.45) is 4.43. The zero-order valence-electron chi connectivity index (χ0n) is 9.64. The third-order valence-corrected chi connectivity index (χ3v) is 2.77. The Morgan fingerprint density at radius 3 is 3.00 bits per heavy atom. The van der Waals surface area contributed by atoms with Crippen LogP contribution in [-0.4, -0.2) is 22.1 Å². The SMILES string of the molecule is CCOC(=O)/C=C/Cn1c(C)ncc(I)c1=O. The minimum atomic E-state index is -0.406. The largest absolute Gasteiger partial charge is 0.463 e. The molecule has 1 aromatic rings. The molecule has 0 atom stereocenters. The molecule has 0 unspecified atom stereocenters. The third-order valence-electron chi connectivity index (χ3n) is 2.03. The first-order valence-corrected chi connectivity index (χ1v) is 6.19. The lowest BCUT2D eigenvalue weighted by molar-refractivity contribution is -0.137. The highest BCUT2D eigenvalue weighted by molar-refractivity contribution is 14.1. The number of allylic oxidation sites excluding steroid dienone is 1. The Kier molecular flexibility index (Phi) is 5.33. The normalized spacial score (nSPS) is 10.8. The number of halogens is 1. The van der Waals surface area contributed by atoms with Gasteiger partial charge in [-0.3, -0.25) is 9.36 Å². The summed E-state index contributed by atoms with van der Waals surface area (Å²) in [5.41, 5.74) is -0.105. The molecule has 0 bridgehead atoms. The number of nitrogens with zero attached hydrogens (tertiary/aromatic N) is 2. The van der Waals surface area contributed by atoms with Gasteiger partial charge in [0.1, 0.15) is 5.82 Å². The van der Waals surface area contributed by atoms with Crippen LogP contribution in [0.15, 0.2) is 23.1 Å². The lowest BCUT2D eigenvalue weighted by Crippen LogP contribution is -2.25. The van der Waals surface area contributed by atoms with E-state index in [0.29, 0.717) is 22.5 Å². The molecule has 92 valence electrons. The van der Waals surface area contributed by atoms with E-state index in [1.807, 2.05) is 22.6 Å². The first-order chi connectivity index (χ1) is 8.06. The third kappa shape index (κ3) is 3.95. The number of aromatic nitrogens is 2. The van der Waals surface area contributed by atoms with E-state index in [4.69, 9.17) is 4.74 Å². The molecule has 5 nitrogen and oxygen atoms in total. The van der Waals surface area contributed by atoms with Crippen LogP contribution in [0, 0.1) is 10.5 Å².